The van der Waals surface area contributed by atoms with Crippen LogP contribution in [0.1, 0.15) is 46.2 Å². The Kier molecular flexibility index (Phi) is 6.18. The monoisotopic (exact) mass is 520 g/mol. The fourth-order valence-corrected chi connectivity index (χ4v) is 4.98. The lowest BCUT2D eigenvalue weighted by Gasteiger charge is -2.22. The van der Waals surface area contributed by atoms with Crippen LogP contribution in [0.4, 0.5) is 5.69 Å². The van der Waals surface area contributed by atoms with E-state index in [9.17, 15) is 9.59 Å². The van der Waals surface area contributed by atoms with Crippen LogP contribution in [-0.2, 0) is 11.3 Å². The SMILES string of the molecule is Cc1ccc(-c2nn3c(c2C(=O)N[C@H]2N=C(c4ccccc4)c4ccccc4NC2=O)O[C@H](C)CC3)c(C)n1. The van der Waals surface area contributed by atoms with Crippen molar-refractivity contribution < 1.29 is 14.3 Å². The summed E-state index contributed by atoms with van der Waals surface area (Å²) >= 11 is 0. The van der Waals surface area contributed by atoms with Crippen LogP contribution >= 0.6 is 0 Å². The average Bonchev–Trinajstić information content (AvgIpc) is 3.23. The number of aryl methyl sites for hydroxylation is 3. The van der Waals surface area contributed by atoms with Gasteiger partial charge in [0, 0.05) is 41.0 Å². The highest BCUT2D eigenvalue weighted by atomic mass is 16.5. The molecule has 0 fully saturated rings. The minimum Gasteiger partial charge on any atom is -0.474 e. The molecule has 2 amide bonds. The predicted molar refractivity (Wildman–Crippen MR) is 148 cm³/mol. The Bertz CT molecular complexity index is 1630. The van der Waals surface area contributed by atoms with Gasteiger partial charge >= 0.3 is 0 Å². The Balaban J connectivity index is 1.43. The molecule has 2 atom stereocenters. The van der Waals surface area contributed by atoms with Gasteiger partial charge in [-0.25, -0.2) is 9.67 Å². The number of amides is 2. The number of para-hydroxylation sites is 1. The van der Waals surface area contributed by atoms with E-state index < -0.39 is 18.0 Å². The summed E-state index contributed by atoms with van der Waals surface area (Å²) in [5, 5.41) is 10.5. The van der Waals surface area contributed by atoms with Gasteiger partial charge in [-0.3, -0.25) is 14.6 Å². The standard InChI is InChI=1S/C30H28N6O3/c1-17-13-14-21(19(3)31-17)26-24(30-36(35-26)16-15-18(2)39-30)28(37)34-27-29(38)32-23-12-8-7-11-22(23)25(33-27)20-9-5-4-6-10-20/h4-14,18,27H,15-16H2,1-3H3,(H,32,38)(H,34,37)/t18-,27-/m1/s1. The molecule has 9 nitrogen and oxygen atoms in total. The van der Waals surface area contributed by atoms with Gasteiger partial charge in [0.2, 0.25) is 12.0 Å². The van der Waals surface area contributed by atoms with Crippen molar-refractivity contribution in [1.82, 2.24) is 20.1 Å². The Morgan fingerprint density at radius 2 is 1.79 bits per heavy atom. The lowest BCUT2D eigenvalue weighted by atomic mass is 10.0. The molecule has 2 N–H and O–H groups in total. The molecule has 39 heavy (non-hydrogen) atoms. The summed E-state index contributed by atoms with van der Waals surface area (Å²) in [4.78, 5) is 36.7. The second-order valence-corrected chi connectivity index (χ2v) is 9.81. The van der Waals surface area contributed by atoms with Gasteiger partial charge < -0.3 is 15.4 Å². The number of nitrogens with zero attached hydrogens (tertiary/aromatic N) is 4. The Morgan fingerprint density at radius 1 is 1.03 bits per heavy atom. The van der Waals surface area contributed by atoms with Crippen LogP contribution in [0.2, 0.25) is 0 Å². The van der Waals surface area contributed by atoms with Gasteiger partial charge in [0.15, 0.2) is 0 Å². The Morgan fingerprint density at radius 3 is 2.59 bits per heavy atom. The summed E-state index contributed by atoms with van der Waals surface area (Å²) < 4.78 is 7.83. The molecular formula is C30H28N6O3. The van der Waals surface area contributed by atoms with Gasteiger partial charge in [-0.15, -0.1) is 0 Å². The van der Waals surface area contributed by atoms with E-state index in [-0.39, 0.29) is 11.7 Å². The first-order valence-corrected chi connectivity index (χ1v) is 13.0. The van der Waals surface area contributed by atoms with E-state index >= 15 is 0 Å². The van der Waals surface area contributed by atoms with Crippen molar-refractivity contribution in [1.29, 1.82) is 0 Å². The molecule has 0 bridgehead atoms. The van der Waals surface area contributed by atoms with E-state index in [0.29, 0.717) is 29.5 Å². The van der Waals surface area contributed by atoms with Gasteiger partial charge in [-0.1, -0.05) is 48.5 Å². The van der Waals surface area contributed by atoms with Crippen LogP contribution in [0.15, 0.2) is 71.7 Å². The van der Waals surface area contributed by atoms with Gasteiger partial charge in [0.25, 0.3) is 11.8 Å². The summed E-state index contributed by atoms with van der Waals surface area (Å²) in [7, 11) is 0. The number of carbonyl (C=O) groups is 2. The van der Waals surface area contributed by atoms with E-state index in [0.717, 1.165) is 34.5 Å². The molecule has 0 saturated carbocycles. The highest BCUT2D eigenvalue weighted by Crippen LogP contribution is 2.35. The first-order valence-electron chi connectivity index (χ1n) is 13.0. The third-order valence-corrected chi connectivity index (χ3v) is 6.93. The molecule has 196 valence electrons. The van der Waals surface area contributed by atoms with Crippen LogP contribution in [0, 0.1) is 13.8 Å². The van der Waals surface area contributed by atoms with E-state index in [4.69, 9.17) is 14.8 Å². The molecular weight excluding hydrogens is 492 g/mol. The highest BCUT2D eigenvalue weighted by Gasteiger charge is 2.34. The third kappa shape index (κ3) is 4.56. The molecule has 2 aromatic carbocycles. The number of aliphatic imine (C=N–C) groups is 1. The zero-order chi connectivity index (χ0) is 27.1. The number of aromatic nitrogens is 3. The topological polar surface area (TPSA) is 110 Å². The second kappa shape index (κ2) is 9.83. The number of hydrogen-bond acceptors (Lipinski definition) is 6. The van der Waals surface area contributed by atoms with Crippen LogP contribution < -0.4 is 15.4 Å². The van der Waals surface area contributed by atoms with Crippen molar-refractivity contribution in [2.75, 3.05) is 5.32 Å². The molecule has 0 unspecified atom stereocenters. The number of rotatable bonds is 4. The van der Waals surface area contributed by atoms with Gasteiger partial charge in [-0.2, -0.15) is 5.10 Å². The van der Waals surface area contributed by atoms with Crippen molar-refractivity contribution in [3.8, 4) is 17.1 Å². The number of carbonyl (C=O) groups excluding carboxylic acids is 2. The minimum absolute atomic E-state index is 0.0794. The normalized spacial score (nSPS) is 18.1. The maximum Gasteiger partial charge on any atom is 0.269 e. The quantitative estimate of drug-likeness (QED) is 0.417. The summed E-state index contributed by atoms with van der Waals surface area (Å²) in [6, 6.07) is 20.9. The lowest BCUT2D eigenvalue weighted by Crippen LogP contribution is -2.42. The van der Waals surface area contributed by atoms with Crippen LogP contribution in [0.5, 0.6) is 5.88 Å². The first kappa shape index (κ1) is 24.5. The van der Waals surface area contributed by atoms with Crippen LogP contribution in [0.25, 0.3) is 11.3 Å². The van der Waals surface area contributed by atoms with Crippen LogP contribution in [0.3, 0.4) is 0 Å². The Labute approximate surface area is 225 Å². The molecule has 0 aliphatic carbocycles. The van der Waals surface area contributed by atoms with Crippen molar-refractivity contribution in [3.05, 3.63) is 94.8 Å². The Hall–Kier alpha value is -4.79. The maximum absolute atomic E-state index is 14.0. The fraction of sp³-hybridized carbons (Fsp3) is 0.233. The number of benzene rings is 2. The number of benzodiazepines with no additional fused rings is 1. The molecule has 4 heterocycles. The fourth-order valence-electron chi connectivity index (χ4n) is 4.98. The van der Waals surface area contributed by atoms with E-state index in [2.05, 4.69) is 15.6 Å². The second-order valence-electron chi connectivity index (χ2n) is 9.81. The number of hydrogen-bond donors (Lipinski definition) is 2. The lowest BCUT2D eigenvalue weighted by molar-refractivity contribution is -0.117. The minimum atomic E-state index is -1.18. The van der Waals surface area contributed by atoms with Gasteiger partial charge in [0.05, 0.1) is 17.5 Å². The molecule has 4 aromatic rings. The number of fused-ring (bicyclic) bond motifs is 2. The number of ether oxygens (including phenoxy) is 1. The summed E-state index contributed by atoms with van der Waals surface area (Å²) in [5.41, 5.74) is 5.93. The number of pyridine rings is 1. The van der Waals surface area contributed by atoms with E-state index in [1.165, 1.54) is 0 Å². The van der Waals surface area contributed by atoms with E-state index in [1.54, 1.807) is 4.68 Å². The van der Waals surface area contributed by atoms with Crippen molar-refractivity contribution >= 4 is 23.2 Å². The highest BCUT2D eigenvalue weighted by molar-refractivity contribution is 6.20. The zero-order valence-electron chi connectivity index (χ0n) is 21.9. The maximum atomic E-state index is 14.0. The zero-order valence-corrected chi connectivity index (χ0v) is 21.9. The molecule has 2 aromatic heterocycles. The molecule has 0 radical (unpaired) electrons. The van der Waals surface area contributed by atoms with Crippen molar-refractivity contribution in [2.45, 2.75) is 46.0 Å². The van der Waals surface area contributed by atoms with Crippen LogP contribution in [-0.4, -0.2) is 44.6 Å². The predicted octanol–water partition coefficient (Wildman–Crippen LogP) is 4.28. The summed E-state index contributed by atoms with van der Waals surface area (Å²) in [5.74, 6) is -0.555. The first-order chi connectivity index (χ1) is 18.9. The largest absolute Gasteiger partial charge is 0.474 e. The van der Waals surface area contributed by atoms with Gasteiger partial charge in [0.1, 0.15) is 11.3 Å². The number of anilines is 1. The molecule has 9 heteroatoms. The smallest absolute Gasteiger partial charge is 0.269 e. The van der Waals surface area contributed by atoms with Gasteiger partial charge in [-0.05, 0) is 39.0 Å². The summed E-state index contributed by atoms with van der Waals surface area (Å²) in [6.45, 7) is 6.38. The average molecular weight is 521 g/mol. The molecule has 6 rings (SSSR count). The molecule has 0 saturated heterocycles. The van der Waals surface area contributed by atoms with Crippen molar-refractivity contribution in [3.63, 3.8) is 0 Å². The van der Waals surface area contributed by atoms with Crippen molar-refractivity contribution in [2.24, 2.45) is 4.99 Å². The molecule has 0 spiro atoms. The third-order valence-electron chi connectivity index (χ3n) is 6.93. The summed E-state index contributed by atoms with van der Waals surface area (Å²) in [6.07, 6.45) is -0.486. The molecule has 2 aliphatic heterocycles. The number of nitrogens with one attached hydrogen (secondary N) is 2. The molecule has 2 aliphatic rings. The van der Waals surface area contributed by atoms with E-state index in [1.807, 2.05) is 87.5 Å².